The predicted octanol–water partition coefficient (Wildman–Crippen LogP) is 2.57. The highest BCUT2D eigenvalue weighted by atomic mass is 16.5. The minimum atomic E-state index is 0.336. The van der Waals surface area contributed by atoms with Gasteiger partial charge < -0.3 is 9.30 Å². The van der Waals surface area contributed by atoms with Gasteiger partial charge >= 0.3 is 0 Å². The minimum Gasteiger partial charge on any atom is -0.469 e. The van der Waals surface area contributed by atoms with Crippen molar-refractivity contribution >= 4 is 0 Å². The third-order valence-corrected chi connectivity index (χ3v) is 5.09. The lowest BCUT2D eigenvalue weighted by atomic mass is 10.1. The molecule has 0 radical (unpaired) electrons. The second-order valence-corrected chi connectivity index (χ2v) is 6.43. The first-order chi connectivity index (χ1) is 11.3. The van der Waals surface area contributed by atoms with Gasteiger partial charge in [-0.25, -0.2) is 4.98 Å². The van der Waals surface area contributed by atoms with E-state index in [0.29, 0.717) is 18.5 Å². The normalized spacial score (nSPS) is 22.2. The molecule has 2 aromatic heterocycles. The molecule has 0 amide bonds. The van der Waals surface area contributed by atoms with Gasteiger partial charge in [-0.1, -0.05) is 18.9 Å². The lowest BCUT2D eigenvalue weighted by Crippen LogP contribution is -2.43. The maximum atomic E-state index is 5.73. The van der Waals surface area contributed by atoms with E-state index in [2.05, 4.69) is 31.6 Å². The minimum absolute atomic E-state index is 0.336. The van der Waals surface area contributed by atoms with Crippen LogP contribution >= 0.6 is 0 Å². The molecule has 1 aliphatic carbocycles. The van der Waals surface area contributed by atoms with E-state index in [1.54, 1.807) is 6.20 Å². The van der Waals surface area contributed by atoms with Crippen molar-refractivity contribution in [1.29, 1.82) is 0 Å². The Morgan fingerprint density at radius 1 is 1.17 bits per heavy atom. The maximum Gasteiger partial charge on any atom is 0.213 e. The van der Waals surface area contributed by atoms with Crippen molar-refractivity contribution in [1.82, 2.24) is 24.6 Å². The van der Waals surface area contributed by atoms with Crippen molar-refractivity contribution in [3.63, 3.8) is 0 Å². The second-order valence-electron chi connectivity index (χ2n) is 6.43. The Balaban J connectivity index is 1.47. The highest BCUT2D eigenvalue weighted by Crippen LogP contribution is 2.32. The quantitative estimate of drug-likeness (QED) is 0.868. The molecule has 6 nitrogen and oxygen atoms in total. The van der Waals surface area contributed by atoms with E-state index in [4.69, 9.17) is 4.74 Å². The van der Waals surface area contributed by atoms with Crippen LogP contribution in [-0.2, 0) is 13.2 Å². The van der Waals surface area contributed by atoms with Crippen LogP contribution in [0.1, 0.15) is 50.3 Å². The van der Waals surface area contributed by atoms with Crippen LogP contribution in [0, 0.1) is 0 Å². The fraction of sp³-hybridized carbons (Fsp3) is 0.588. The zero-order chi connectivity index (χ0) is 15.6. The first-order valence-corrected chi connectivity index (χ1v) is 8.54. The number of nitrogens with zero attached hydrogens (tertiary/aromatic N) is 5. The van der Waals surface area contributed by atoms with Crippen molar-refractivity contribution in [2.45, 2.75) is 57.8 Å². The lowest BCUT2D eigenvalue weighted by Gasteiger charge is -2.37. The smallest absolute Gasteiger partial charge is 0.213 e. The lowest BCUT2D eigenvalue weighted by molar-refractivity contribution is 0.108. The maximum absolute atomic E-state index is 5.73. The Morgan fingerprint density at radius 3 is 2.83 bits per heavy atom. The molecular formula is C17H23N5O. The molecule has 0 aromatic carbocycles. The molecule has 0 N–H and O–H groups in total. The second kappa shape index (κ2) is 6.28. The van der Waals surface area contributed by atoms with Gasteiger partial charge in [-0.2, -0.15) is 0 Å². The van der Waals surface area contributed by atoms with Crippen LogP contribution in [0.2, 0.25) is 0 Å². The molecule has 1 fully saturated rings. The molecule has 1 unspecified atom stereocenters. The molecule has 23 heavy (non-hydrogen) atoms. The van der Waals surface area contributed by atoms with Crippen LogP contribution in [-0.4, -0.2) is 37.2 Å². The van der Waals surface area contributed by atoms with Gasteiger partial charge in [0.1, 0.15) is 12.4 Å². The van der Waals surface area contributed by atoms with Gasteiger partial charge in [0.15, 0.2) is 5.82 Å². The Kier molecular flexibility index (Phi) is 3.99. The monoisotopic (exact) mass is 313 g/mol. The molecule has 3 heterocycles. The molecule has 1 aliphatic heterocycles. The molecule has 1 atom stereocenters. The number of aromatic nitrogens is 4. The van der Waals surface area contributed by atoms with Gasteiger partial charge in [0.25, 0.3) is 0 Å². The summed E-state index contributed by atoms with van der Waals surface area (Å²) >= 11 is 0. The van der Waals surface area contributed by atoms with Gasteiger partial charge in [-0.05, 0) is 25.8 Å². The summed E-state index contributed by atoms with van der Waals surface area (Å²) in [5.74, 6) is 2.59. The topological polar surface area (TPSA) is 56.1 Å². The molecule has 0 bridgehead atoms. The molecule has 4 rings (SSSR count). The van der Waals surface area contributed by atoms with Crippen LogP contribution in [0.3, 0.4) is 0 Å². The number of hydrogen-bond acceptors (Lipinski definition) is 5. The van der Waals surface area contributed by atoms with Crippen LogP contribution < -0.4 is 4.74 Å². The number of fused-ring (bicyclic) bond motifs is 1. The zero-order valence-corrected chi connectivity index (χ0v) is 13.6. The standard InChI is InChI=1S/C17H23N5O/c1-13-17-20-19-15(12-23-16-8-4-5-9-18-16)22(17)11-10-21(13)14-6-2-3-7-14/h4-5,8-9,13-14H,2-3,6-7,10-12H2,1H3. The fourth-order valence-electron chi connectivity index (χ4n) is 3.87. The third-order valence-electron chi connectivity index (χ3n) is 5.09. The highest BCUT2D eigenvalue weighted by molar-refractivity contribution is 5.10. The SMILES string of the molecule is CC1c2nnc(COc3ccccn3)n2CCN1C1CCCC1. The number of pyridine rings is 1. The number of ether oxygens (including phenoxy) is 1. The molecule has 2 aromatic rings. The molecule has 122 valence electrons. The average Bonchev–Trinajstić information content (AvgIpc) is 3.24. The first kappa shape index (κ1) is 14.6. The van der Waals surface area contributed by atoms with E-state index in [9.17, 15) is 0 Å². The van der Waals surface area contributed by atoms with Crippen LogP contribution in [0.4, 0.5) is 0 Å². The van der Waals surface area contributed by atoms with E-state index in [0.717, 1.165) is 30.8 Å². The van der Waals surface area contributed by atoms with Gasteiger partial charge in [-0.15, -0.1) is 10.2 Å². The molecule has 0 saturated heterocycles. The third kappa shape index (κ3) is 2.83. The van der Waals surface area contributed by atoms with E-state index >= 15 is 0 Å². The zero-order valence-electron chi connectivity index (χ0n) is 13.6. The largest absolute Gasteiger partial charge is 0.469 e. The Bertz CT molecular complexity index is 650. The summed E-state index contributed by atoms with van der Waals surface area (Å²) in [5, 5.41) is 8.80. The molecule has 6 heteroatoms. The van der Waals surface area contributed by atoms with Gasteiger partial charge in [-0.3, -0.25) is 4.90 Å². The summed E-state index contributed by atoms with van der Waals surface area (Å²) in [6, 6.07) is 6.72. The number of rotatable bonds is 4. The van der Waals surface area contributed by atoms with Crippen LogP contribution in [0.25, 0.3) is 0 Å². The van der Waals surface area contributed by atoms with E-state index < -0.39 is 0 Å². The molecule has 1 saturated carbocycles. The average molecular weight is 313 g/mol. The summed E-state index contributed by atoms with van der Waals surface area (Å²) in [6.07, 6.45) is 7.12. The van der Waals surface area contributed by atoms with E-state index in [1.807, 2.05) is 18.2 Å². The summed E-state index contributed by atoms with van der Waals surface area (Å²) in [4.78, 5) is 6.79. The Labute approximate surface area is 136 Å². The predicted molar refractivity (Wildman–Crippen MR) is 86.0 cm³/mol. The van der Waals surface area contributed by atoms with E-state index in [1.165, 1.54) is 25.7 Å². The van der Waals surface area contributed by atoms with Crippen molar-refractivity contribution in [3.05, 3.63) is 36.0 Å². The summed E-state index contributed by atoms with van der Waals surface area (Å²) in [7, 11) is 0. The van der Waals surface area contributed by atoms with Crippen LogP contribution in [0.15, 0.2) is 24.4 Å². The summed E-state index contributed by atoms with van der Waals surface area (Å²) in [6.45, 7) is 4.69. The fourth-order valence-corrected chi connectivity index (χ4v) is 3.87. The molecule has 2 aliphatic rings. The van der Waals surface area contributed by atoms with Gasteiger partial charge in [0, 0.05) is 31.4 Å². The summed E-state index contributed by atoms with van der Waals surface area (Å²) in [5.41, 5.74) is 0. The van der Waals surface area contributed by atoms with Gasteiger partial charge in [0.05, 0.1) is 6.04 Å². The number of hydrogen-bond donors (Lipinski definition) is 0. The van der Waals surface area contributed by atoms with Crippen molar-refractivity contribution < 1.29 is 4.74 Å². The van der Waals surface area contributed by atoms with Crippen LogP contribution in [0.5, 0.6) is 5.88 Å². The van der Waals surface area contributed by atoms with Gasteiger partial charge in [0.2, 0.25) is 5.88 Å². The molecular weight excluding hydrogens is 290 g/mol. The Hall–Kier alpha value is -1.95. The van der Waals surface area contributed by atoms with Crippen molar-refractivity contribution in [2.24, 2.45) is 0 Å². The summed E-state index contributed by atoms with van der Waals surface area (Å²) < 4.78 is 7.95. The highest BCUT2D eigenvalue weighted by Gasteiger charge is 2.33. The van der Waals surface area contributed by atoms with Crippen molar-refractivity contribution in [2.75, 3.05) is 6.54 Å². The Morgan fingerprint density at radius 2 is 2.04 bits per heavy atom. The van der Waals surface area contributed by atoms with E-state index in [-0.39, 0.29) is 0 Å². The first-order valence-electron chi connectivity index (χ1n) is 8.54. The van der Waals surface area contributed by atoms with Crippen molar-refractivity contribution in [3.8, 4) is 5.88 Å². The molecule has 0 spiro atoms.